The maximum atomic E-state index is 13.3. The van der Waals surface area contributed by atoms with Gasteiger partial charge in [0.2, 0.25) is 0 Å². The second-order valence-electron chi connectivity index (χ2n) is 8.38. The molecule has 2 aliphatic rings. The molecule has 2 aliphatic heterocycles. The van der Waals surface area contributed by atoms with E-state index in [2.05, 4.69) is 15.5 Å². The predicted octanol–water partition coefficient (Wildman–Crippen LogP) is 4.21. The molecule has 0 radical (unpaired) electrons. The summed E-state index contributed by atoms with van der Waals surface area (Å²) in [4.78, 5) is 17.6. The van der Waals surface area contributed by atoms with Crippen molar-refractivity contribution >= 4 is 22.5 Å². The van der Waals surface area contributed by atoms with Gasteiger partial charge in [-0.1, -0.05) is 24.6 Å². The average molecular weight is 420 g/mol. The van der Waals surface area contributed by atoms with E-state index in [0.29, 0.717) is 24.7 Å². The minimum atomic E-state index is 0.0382. The van der Waals surface area contributed by atoms with E-state index in [1.54, 1.807) is 7.11 Å². The molecule has 0 aliphatic carbocycles. The number of aryl methyl sites for hydroxylation is 1. The monoisotopic (exact) mass is 419 g/mol. The van der Waals surface area contributed by atoms with Crippen LogP contribution in [0.1, 0.15) is 35.3 Å². The van der Waals surface area contributed by atoms with Gasteiger partial charge in [0.25, 0.3) is 5.91 Å². The third-order valence-corrected chi connectivity index (χ3v) is 6.57. The lowest BCUT2D eigenvalue weighted by Crippen LogP contribution is -2.33. The van der Waals surface area contributed by atoms with Gasteiger partial charge in [-0.15, -0.1) is 0 Å². The Kier molecular flexibility index (Phi) is 5.32. The first-order valence-corrected chi connectivity index (χ1v) is 11.1. The lowest BCUT2D eigenvalue weighted by atomic mass is 10.1. The Balaban J connectivity index is 1.37. The Morgan fingerprint density at radius 3 is 2.61 bits per heavy atom. The molecule has 3 aromatic rings. The van der Waals surface area contributed by atoms with Crippen molar-refractivity contribution in [3.63, 3.8) is 0 Å². The van der Waals surface area contributed by atoms with Crippen molar-refractivity contribution in [2.45, 2.75) is 25.8 Å². The van der Waals surface area contributed by atoms with Crippen LogP contribution in [0.2, 0.25) is 0 Å². The molecule has 0 atom stereocenters. The molecule has 0 saturated carbocycles. The number of likely N-dealkylation sites (tertiary alicyclic amines) is 1. The molecule has 6 nitrogen and oxygen atoms in total. The van der Waals surface area contributed by atoms with E-state index in [4.69, 9.17) is 9.47 Å². The van der Waals surface area contributed by atoms with Gasteiger partial charge in [0.15, 0.2) is 11.5 Å². The van der Waals surface area contributed by atoms with Crippen LogP contribution in [0.15, 0.2) is 42.5 Å². The summed E-state index contributed by atoms with van der Waals surface area (Å²) in [5.41, 5.74) is 3.78. The zero-order valence-corrected chi connectivity index (χ0v) is 18.3. The van der Waals surface area contributed by atoms with E-state index in [-0.39, 0.29) is 5.91 Å². The fraction of sp³-hybridized carbons (Fsp3) is 0.400. The molecule has 0 spiro atoms. The van der Waals surface area contributed by atoms with Crippen LogP contribution in [0, 0.1) is 0 Å². The topological polar surface area (TPSA) is 46.9 Å². The largest absolute Gasteiger partial charge is 0.493 e. The molecule has 0 bridgehead atoms. The number of aromatic nitrogens is 1. The van der Waals surface area contributed by atoms with Crippen LogP contribution >= 0.6 is 0 Å². The highest BCUT2D eigenvalue weighted by atomic mass is 16.5. The highest BCUT2D eigenvalue weighted by molar-refractivity contribution is 6.18. The number of fused-ring (bicyclic) bond motifs is 3. The van der Waals surface area contributed by atoms with Crippen LogP contribution in [-0.2, 0) is 13.6 Å². The number of benzene rings is 2. The van der Waals surface area contributed by atoms with Crippen LogP contribution in [0.5, 0.6) is 11.5 Å². The van der Waals surface area contributed by atoms with Gasteiger partial charge in [0.1, 0.15) is 6.61 Å². The fourth-order valence-corrected chi connectivity index (χ4v) is 4.85. The van der Waals surface area contributed by atoms with Crippen molar-refractivity contribution in [3.05, 3.63) is 53.7 Å². The Labute approximate surface area is 183 Å². The first-order valence-electron chi connectivity index (χ1n) is 11.1. The van der Waals surface area contributed by atoms with Crippen LogP contribution < -0.4 is 14.4 Å². The molecule has 2 aromatic carbocycles. The molecule has 31 heavy (non-hydrogen) atoms. The van der Waals surface area contributed by atoms with E-state index in [0.717, 1.165) is 47.5 Å². The van der Waals surface area contributed by atoms with Crippen LogP contribution in [0.4, 0.5) is 5.69 Å². The zero-order valence-electron chi connectivity index (χ0n) is 18.3. The van der Waals surface area contributed by atoms with Gasteiger partial charge in [-0.2, -0.15) is 0 Å². The Bertz CT molecular complexity index is 1110. The summed E-state index contributed by atoms with van der Waals surface area (Å²) >= 11 is 0. The summed E-state index contributed by atoms with van der Waals surface area (Å²) in [6, 6.07) is 13.8. The predicted molar refractivity (Wildman–Crippen MR) is 122 cm³/mol. The van der Waals surface area contributed by atoms with E-state index in [1.165, 1.54) is 19.3 Å². The second kappa shape index (κ2) is 8.27. The number of para-hydroxylation sites is 1. The Morgan fingerprint density at radius 1 is 1.00 bits per heavy atom. The number of ether oxygens (including phenoxy) is 2. The van der Waals surface area contributed by atoms with Crippen molar-refractivity contribution in [3.8, 4) is 11.5 Å². The maximum absolute atomic E-state index is 13.3. The van der Waals surface area contributed by atoms with Gasteiger partial charge in [-0.3, -0.25) is 9.69 Å². The summed E-state index contributed by atoms with van der Waals surface area (Å²) in [5, 5.41) is 1.01. The number of anilines is 1. The van der Waals surface area contributed by atoms with Crippen molar-refractivity contribution in [2.24, 2.45) is 7.05 Å². The van der Waals surface area contributed by atoms with Crippen molar-refractivity contribution in [2.75, 3.05) is 38.3 Å². The van der Waals surface area contributed by atoms with Crippen molar-refractivity contribution < 1.29 is 14.3 Å². The number of carbonyl (C=O) groups is 1. The highest BCUT2D eigenvalue weighted by Crippen LogP contribution is 2.38. The molecule has 1 amide bonds. The number of methoxy groups -OCH3 is 1. The number of hydrogen-bond donors (Lipinski definition) is 0. The van der Waals surface area contributed by atoms with Gasteiger partial charge in [-0.25, -0.2) is 0 Å². The van der Waals surface area contributed by atoms with E-state index >= 15 is 0 Å². The molecule has 1 aromatic heterocycles. The van der Waals surface area contributed by atoms with Gasteiger partial charge >= 0.3 is 0 Å². The molecule has 3 heterocycles. The number of carbonyl (C=O) groups excluding carboxylic acids is 1. The first kappa shape index (κ1) is 19.9. The molecule has 1 saturated heterocycles. The molecular formula is C25H29N3O3. The summed E-state index contributed by atoms with van der Waals surface area (Å²) in [6.45, 7) is 4.37. The van der Waals surface area contributed by atoms with Crippen LogP contribution in [-0.4, -0.2) is 48.7 Å². The summed E-state index contributed by atoms with van der Waals surface area (Å²) in [7, 11) is 3.68. The minimum absolute atomic E-state index is 0.0382. The molecule has 162 valence electrons. The molecule has 1 fully saturated rings. The highest BCUT2D eigenvalue weighted by Gasteiger charge is 2.34. The smallest absolute Gasteiger partial charge is 0.261 e. The van der Waals surface area contributed by atoms with Gasteiger partial charge < -0.3 is 18.9 Å². The Morgan fingerprint density at radius 2 is 1.81 bits per heavy atom. The standard InChI is InChI=1S/C25H29N3O3/c1-26-20-9-5-4-8-19(20)24-21(26)17-28(25(24)29)18-10-11-22(30-2)23(16-18)31-15-14-27-12-6-3-7-13-27/h4-5,8-11,16H,3,6-7,12-15,17H2,1-2H3. The zero-order chi connectivity index (χ0) is 21.4. The summed E-state index contributed by atoms with van der Waals surface area (Å²) in [6.07, 6.45) is 3.87. The van der Waals surface area contributed by atoms with Gasteiger partial charge in [0.05, 0.1) is 24.9 Å². The van der Waals surface area contributed by atoms with E-state index in [9.17, 15) is 4.79 Å². The average Bonchev–Trinajstić information content (AvgIpc) is 3.30. The number of hydrogen-bond acceptors (Lipinski definition) is 4. The molecule has 5 rings (SSSR count). The molecule has 6 heteroatoms. The molecule has 0 unspecified atom stereocenters. The lowest BCUT2D eigenvalue weighted by Gasteiger charge is -2.26. The summed E-state index contributed by atoms with van der Waals surface area (Å²) in [5.74, 6) is 1.42. The third-order valence-electron chi connectivity index (χ3n) is 6.57. The van der Waals surface area contributed by atoms with E-state index < -0.39 is 0 Å². The van der Waals surface area contributed by atoms with E-state index in [1.807, 2.05) is 48.3 Å². The fourth-order valence-electron chi connectivity index (χ4n) is 4.85. The van der Waals surface area contributed by atoms with Gasteiger partial charge in [-0.05, 0) is 44.1 Å². The quantitative estimate of drug-likeness (QED) is 0.600. The third kappa shape index (κ3) is 3.55. The first-order chi connectivity index (χ1) is 15.2. The second-order valence-corrected chi connectivity index (χ2v) is 8.38. The van der Waals surface area contributed by atoms with Crippen molar-refractivity contribution in [1.82, 2.24) is 9.47 Å². The number of piperidine rings is 1. The molecule has 0 N–H and O–H groups in total. The SMILES string of the molecule is COc1ccc(N2Cc3c(c4ccccc4n3C)C2=O)cc1OCCN1CCCCC1. The Hall–Kier alpha value is -2.99. The van der Waals surface area contributed by atoms with Crippen LogP contribution in [0.3, 0.4) is 0 Å². The molecular weight excluding hydrogens is 390 g/mol. The van der Waals surface area contributed by atoms with Crippen LogP contribution in [0.25, 0.3) is 10.9 Å². The summed E-state index contributed by atoms with van der Waals surface area (Å²) < 4.78 is 13.7. The number of rotatable bonds is 6. The van der Waals surface area contributed by atoms with Gasteiger partial charge in [0, 0.05) is 36.2 Å². The number of nitrogens with zero attached hydrogens (tertiary/aromatic N) is 3. The van der Waals surface area contributed by atoms with Crippen molar-refractivity contribution in [1.29, 1.82) is 0 Å². The lowest BCUT2D eigenvalue weighted by molar-refractivity contribution is 0.0998. The minimum Gasteiger partial charge on any atom is -0.493 e. The maximum Gasteiger partial charge on any atom is 0.261 e. The number of amides is 1. The normalized spacial score (nSPS) is 16.7.